The van der Waals surface area contributed by atoms with Crippen molar-refractivity contribution < 1.29 is 19.1 Å². The maximum absolute atomic E-state index is 13.3. The lowest BCUT2D eigenvalue weighted by molar-refractivity contribution is -0.137. The molecule has 0 saturated heterocycles. The molecule has 0 aliphatic heterocycles. The van der Waals surface area contributed by atoms with Crippen molar-refractivity contribution in [2.45, 2.75) is 19.8 Å². The van der Waals surface area contributed by atoms with Gasteiger partial charge in [0.05, 0.1) is 10.0 Å². The zero-order chi connectivity index (χ0) is 14.4. The Labute approximate surface area is 119 Å². The lowest BCUT2D eigenvalue weighted by Gasteiger charge is -2.12. The minimum atomic E-state index is -0.856. The van der Waals surface area contributed by atoms with E-state index in [0.29, 0.717) is 13.0 Å². The normalized spacial score (nSPS) is 11.9. The molecule has 0 aliphatic rings. The molecule has 0 saturated carbocycles. The first-order valence-corrected chi connectivity index (χ1v) is 6.65. The smallest absolute Gasteiger partial charge is 0.303 e. The molecule has 4 nitrogen and oxygen atoms in total. The second kappa shape index (κ2) is 7.23. The molecule has 0 aromatic heterocycles. The highest BCUT2D eigenvalue weighted by Crippen LogP contribution is 2.20. The van der Waals surface area contributed by atoms with E-state index in [1.807, 2.05) is 6.92 Å². The van der Waals surface area contributed by atoms with Crippen molar-refractivity contribution in [3.05, 3.63) is 34.1 Å². The Balaban J connectivity index is 2.51. The van der Waals surface area contributed by atoms with Crippen molar-refractivity contribution >= 4 is 27.8 Å². The van der Waals surface area contributed by atoms with Gasteiger partial charge >= 0.3 is 5.97 Å². The van der Waals surface area contributed by atoms with Crippen LogP contribution in [0.5, 0.6) is 0 Å². The quantitative estimate of drug-likeness (QED) is 0.842. The minimum Gasteiger partial charge on any atom is -0.481 e. The number of halogens is 2. The summed E-state index contributed by atoms with van der Waals surface area (Å²) in [6.45, 7) is 2.21. The molecule has 0 spiro atoms. The Hall–Kier alpha value is -1.43. The SMILES string of the molecule is CC(CCC(=O)O)CNC(=O)c1cccc(F)c1Br. The van der Waals surface area contributed by atoms with E-state index in [1.165, 1.54) is 18.2 Å². The number of nitrogens with one attached hydrogen (secondary N) is 1. The topological polar surface area (TPSA) is 66.4 Å². The van der Waals surface area contributed by atoms with Crippen molar-refractivity contribution in [3.63, 3.8) is 0 Å². The van der Waals surface area contributed by atoms with Crippen LogP contribution in [-0.2, 0) is 4.79 Å². The van der Waals surface area contributed by atoms with Gasteiger partial charge in [0.25, 0.3) is 5.91 Å². The average molecular weight is 332 g/mol. The number of amides is 1. The summed E-state index contributed by atoms with van der Waals surface area (Å²) in [5.41, 5.74) is 0.227. The summed E-state index contributed by atoms with van der Waals surface area (Å²) in [4.78, 5) is 22.2. The molecule has 1 unspecified atom stereocenters. The molecule has 0 radical (unpaired) electrons. The summed E-state index contributed by atoms with van der Waals surface area (Å²) in [7, 11) is 0. The van der Waals surface area contributed by atoms with Crippen molar-refractivity contribution in [2.75, 3.05) is 6.54 Å². The van der Waals surface area contributed by atoms with Crippen LogP contribution < -0.4 is 5.32 Å². The third-order valence-corrected chi connectivity index (χ3v) is 3.46. The molecular weight excluding hydrogens is 317 g/mol. The third-order valence-electron chi connectivity index (χ3n) is 2.66. The van der Waals surface area contributed by atoms with Gasteiger partial charge in [-0.1, -0.05) is 13.0 Å². The molecule has 1 rings (SSSR count). The lowest BCUT2D eigenvalue weighted by Crippen LogP contribution is -2.28. The van der Waals surface area contributed by atoms with Gasteiger partial charge in [0.2, 0.25) is 0 Å². The third kappa shape index (κ3) is 4.98. The van der Waals surface area contributed by atoms with Gasteiger partial charge in [0.15, 0.2) is 0 Å². The zero-order valence-corrected chi connectivity index (χ0v) is 12.0. The predicted octanol–water partition coefficient (Wildman–Crippen LogP) is 2.82. The Morgan fingerprint density at radius 2 is 2.16 bits per heavy atom. The standard InChI is InChI=1S/C13H15BrFNO3/c1-8(5-6-11(17)18)7-16-13(19)9-3-2-4-10(15)12(9)14/h2-4,8H,5-7H2,1H3,(H,16,19)(H,17,18). The molecule has 6 heteroatoms. The Morgan fingerprint density at radius 3 is 2.79 bits per heavy atom. The van der Waals surface area contributed by atoms with E-state index >= 15 is 0 Å². The van der Waals surface area contributed by atoms with Crippen LogP contribution in [0.3, 0.4) is 0 Å². The first-order valence-electron chi connectivity index (χ1n) is 5.85. The fraction of sp³-hybridized carbons (Fsp3) is 0.385. The van der Waals surface area contributed by atoms with Gasteiger partial charge in [-0.15, -0.1) is 0 Å². The van der Waals surface area contributed by atoms with Gasteiger partial charge in [-0.25, -0.2) is 4.39 Å². The second-order valence-electron chi connectivity index (χ2n) is 4.35. The first kappa shape index (κ1) is 15.6. The molecule has 0 heterocycles. The number of carboxylic acids is 1. The summed E-state index contributed by atoms with van der Waals surface area (Å²) in [6.07, 6.45) is 0.556. The molecule has 1 atom stereocenters. The van der Waals surface area contributed by atoms with Crippen LogP contribution in [0.25, 0.3) is 0 Å². The van der Waals surface area contributed by atoms with Crippen LogP contribution in [0, 0.1) is 11.7 Å². The highest BCUT2D eigenvalue weighted by atomic mass is 79.9. The van der Waals surface area contributed by atoms with Crippen molar-refractivity contribution in [3.8, 4) is 0 Å². The summed E-state index contributed by atoms with van der Waals surface area (Å²) in [6, 6.07) is 4.24. The highest BCUT2D eigenvalue weighted by Gasteiger charge is 2.14. The van der Waals surface area contributed by atoms with Gasteiger partial charge in [-0.05, 0) is 40.4 Å². The highest BCUT2D eigenvalue weighted by molar-refractivity contribution is 9.10. The van der Waals surface area contributed by atoms with Crippen LogP contribution >= 0.6 is 15.9 Å². The molecule has 104 valence electrons. The Kier molecular flexibility index (Phi) is 5.95. The molecule has 1 aromatic carbocycles. The van der Waals surface area contributed by atoms with Crippen LogP contribution in [0.15, 0.2) is 22.7 Å². The van der Waals surface area contributed by atoms with E-state index in [-0.39, 0.29) is 28.3 Å². The summed E-state index contributed by atoms with van der Waals surface area (Å²) in [5.74, 6) is -1.68. The second-order valence-corrected chi connectivity index (χ2v) is 5.14. The molecule has 1 amide bonds. The van der Waals surface area contributed by atoms with E-state index in [2.05, 4.69) is 21.2 Å². The van der Waals surface area contributed by atoms with Crippen LogP contribution in [-0.4, -0.2) is 23.5 Å². The lowest BCUT2D eigenvalue weighted by atomic mass is 10.1. The molecule has 0 bridgehead atoms. The number of carbonyl (C=O) groups excluding carboxylic acids is 1. The van der Waals surface area contributed by atoms with E-state index in [1.54, 1.807) is 0 Å². The number of carboxylic acid groups (broad SMARTS) is 1. The van der Waals surface area contributed by atoms with E-state index < -0.39 is 11.8 Å². The maximum Gasteiger partial charge on any atom is 0.303 e. The zero-order valence-electron chi connectivity index (χ0n) is 10.5. The van der Waals surface area contributed by atoms with E-state index in [9.17, 15) is 14.0 Å². The molecule has 19 heavy (non-hydrogen) atoms. The number of rotatable bonds is 6. The van der Waals surface area contributed by atoms with E-state index in [0.717, 1.165) is 0 Å². The summed E-state index contributed by atoms with van der Waals surface area (Å²) >= 11 is 3.02. The van der Waals surface area contributed by atoms with Crippen molar-refractivity contribution in [1.29, 1.82) is 0 Å². The van der Waals surface area contributed by atoms with Gasteiger partial charge in [-0.3, -0.25) is 9.59 Å². The predicted molar refractivity (Wildman–Crippen MR) is 72.5 cm³/mol. The number of aliphatic carboxylic acids is 1. The van der Waals surface area contributed by atoms with Crippen molar-refractivity contribution in [2.24, 2.45) is 5.92 Å². The van der Waals surface area contributed by atoms with Crippen LogP contribution in [0.2, 0.25) is 0 Å². The minimum absolute atomic E-state index is 0.0485. The summed E-state index contributed by atoms with van der Waals surface area (Å²) < 4.78 is 13.4. The number of carbonyl (C=O) groups is 2. The number of hydrogen-bond donors (Lipinski definition) is 2. The number of benzene rings is 1. The fourth-order valence-corrected chi connectivity index (χ4v) is 1.96. The average Bonchev–Trinajstić information content (AvgIpc) is 2.36. The first-order chi connectivity index (χ1) is 8.91. The van der Waals surface area contributed by atoms with Crippen molar-refractivity contribution in [1.82, 2.24) is 5.32 Å². The number of hydrogen-bond acceptors (Lipinski definition) is 2. The van der Waals surface area contributed by atoms with E-state index in [4.69, 9.17) is 5.11 Å². The molecule has 2 N–H and O–H groups in total. The monoisotopic (exact) mass is 331 g/mol. The summed E-state index contributed by atoms with van der Waals surface area (Å²) in [5, 5.41) is 11.2. The molecular formula is C13H15BrFNO3. The molecule has 0 fully saturated rings. The Morgan fingerprint density at radius 1 is 1.47 bits per heavy atom. The van der Waals surface area contributed by atoms with Gasteiger partial charge < -0.3 is 10.4 Å². The van der Waals surface area contributed by atoms with Crippen LogP contribution in [0.1, 0.15) is 30.1 Å². The van der Waals surface area contributed by atoms with Gasteiger partial charge in [0, 0.05) is 13.0 Å². The fourth-order valence-electron chi connectivity index (χ4n) is 1.51. The maximum atomic E-state index is 13.3. The van der Waals surface area contributed by atoms with Gasteiger partial charge in [-0.2, -0.15) is 0 Å². The largest absolute Gasteiger partial charge is 0.481 e. The Bertz CT molecular complexity index is 479. The molecule has 1 aromatic rings. The molecule has 0 aliphatic carbocycles. The van der Waals surface area contributed by atoms with Crippen LogP contribution in [0.4, 0.5) is 4.39 Å². The van der Waals surface area contributed by atoms with Gasteiger partial charge in [0.1, 0.15) is 5.82 Å².